The van der Waals surface area contributed by atoms with E-state index in [1.54, 1.807) is 6.07 Å². The highest BCUT2D eigenvalue weighted by molar-refractivity contribution is 9.10. The molecule has 7 nitrogen and oxygen atoms in total. The fourth-order valence-corrected chi connectivity index (χ4v) is 2.94. The van der Waals surface area contributed by atoms with E-state index in [9.17, 15) is 14.9 Å². The summed E-state index contributed by atoms with van der Waals surface area (Å²) in [6, 6.07) is 4.92. The normalized spacial score (nSPS) is 17.2. The van der Waals surface area contributed by atoms with Crippen LogP contribution in [0, 0.1) is 10.1 Å². The summed E-state index contributed by atoms with van der Waals surface area (Å²) < 4.78 is 5.81. The lowest BCUT2D eigenvalue weighted by Gasteiger charge is -2.47. The maximum Gasteiger partial charge on any atom is 0.329 e. The van der Waals surface area contributed by atoms with Gasteiger partial charge in [-0.05, 0) is 28.4 Å². The van der Waals surface area contributed by atoms with E-state index < -0.39 is 16.5 Å². The van der Waals surface area contributed by atoms with Crippen LogP contribution in [0.25, 0.3) is 0 Å². The summed E-state index contributed by atoms with van der Waals surface area (Å²) in [4.78, 5) is 23.0. The van der Waals surface area contributed by atoms with Gasteiger partial charge in [-0.2, -0.15) is 0 Å². The van der Waals surface area contributed by atoms with E-state index in [1.807, 2.05) is 17.9 Å². The number of carboxylic acids is 1. The van der Waals surface area contributed by atoms with Gasteiger partial charge in [-0.25, -0.2) is 4.79 Å². The summed E-state index contributed by atoms with van der Waals surface area (Å²) in [6.45, 7) is 3.28. The molecule has 0 amide bonds. The van der Waals surface area contributed by atoms with Crippen LogP contribution in [0.2, 0.25) is 0 Å². The van der Waals surface area contributed by atoms with Gasteiger partial charge in [-0.1, -0.05) is 12.1 Å². The molecule has 0 spiro atoms. The third kappa shape index (κ3) is 3.78. The van der Waals surface area contributed by atoms with Gasteiger partial charge in [0.25, 0.3) is 5.69 Å². The van der Waals surface area contributed by atoms with Crippen molar-refractivity contribution in [1.82, 2.24) is 4.90 Å². The van der Waals surface area contributed by atoms with Crippen LogP contribution in [0.15, 0.2) is 22.7 Å². The number of nitrogens with zero attached hydrogens (tertiary/aromatic N) is 2. The molecule has 1 aliphatic rings. The molecule has 0 radical (unpaired) electrons. The Bertz CT molecular complexity index is 572. The quantitative estimate of drug-likeness (QED) is 0.617. The van der Waals surface area contributed by atoms with Gasteiger partial charge in [0.05, 0.1) is 15.0 Å². The number of likely N-dealkylation sites (tertiary alicyclic amines) is 1. The lowest BCUT2D eigenvalue weighted by atomic mass is 9.95. The molecule has 2 rings (SSSR count). The van der Waals surface area contributed by atoms with Gasteiger partial charge in [-0.15, -0.1) is 0 Å². The van der Waals surface area contributed by atoms with Crippen molar-refractivity contribution in [2.75, 3.05) is 19.7 Å². The Kier molecular flexibility index (Phi) is 4.60. The Balaban J connectivity index is 1.95. The highest BCUT2D eigenvalue weighted by Crippen LogP contribution is 2.32. The molecule has 0 saturated carbocycles. The van der Waals surface area contributed by atoms with Crippen molar-refractivity contribution in [1.29, 1.82) is 0 Å². The molecule has 1 heterocycles. The molecule has 1 N–H and O–H groups in total. The van der Waals surface area contributed by atoms with Crippen molar-refractivity contribution in [3.63, 3.8) is 0 Å². The van der Waals surface area contributed by atoms with Crippen LogP contribution in [0.5, 0.6) is 0 Å². The Morgan fingerprint density at radius 3 is 2.81 bits per heavy atom. The topological polar surface area (TPSA) is 92.9 Å². The number of rotatable bonds is 6. The summed E-state index contributed by atoms with van der Waals surface area (Å²) in [7, 11) is 0. The molecule has 1 fully saturated rings. The van der Waals surface area contributed by atoms with Crippen LogP contribution in [0.4, 0.5) is 5.69 Å². The molecular weight excluding hydrogens is 344 g/mol. The molecule has 21 heavy (non-hydrogen) atoms. The number of nitro benzene ring substituents is 1. The van der Waals surface area contributed by atoms with E-state index in [2.05, 4.69) is 15.9 Å². The summed E-state index contributed by atoms with van der Waals surface area (Å²) in [5.74, 6) is -0.990. The van der Waals surface area contributed by atoms with Gasteiger partial charge >= 0.3 is 5.97 Å². The lowest BCUT2D eigenvalue weighted by molar-refractivity contribution is -0.385. The second-order valence-electron chi connectivity index (χ2n) is 5.28. The summed E-state index contributed by atoms with van der Waals surface area (Å²) in [5, 5.41) is 19.5. The molecule has 114 valence electrons. The number of benzene rings is 1. The molecule has 0 atom stereocenters. The average molecular weight is 359 g/mol. The van der Waals surface area contributed by atoms with Gasteiger partial charge in [0.2, 0.25) is 0 Å². The summed E-state index contributed by atoms with van der Waals surface area (Å²) in [6.07, 6.45) is 0. The molecule has 8 heteroatoms. The van der Waals surface area contributed by atoms with Gasteiger partial charge in [0.15, 0.2) is 0 Å². The minimum Gasteiger partial charge on any atom is -0.480 e. The molecule has 0 unspecified atom stereocenters. The van der Waals surface area contributed by atoms with E-state index in [-0.39, 0.29) is 12.3 Å². The molecule has 1 aromatic carbocycles. The summed E-state index contributed by atoms with van der Waals surface area (Å²) in [5.41, 5.74) is 0.397. The zero-order valence-corrected chi connectivity index (χ0v) is 13.0. The lowest BCUT2D eigenvalue weighted by Crippen LogP contribution is -2.61. The fraction of sp³-hybridized carbons (Fsp3) is 0.462. The van der Waals surface area contributed by atoms with Crippen molar-refractivity contribution in [2.45, 2.75) is 19.1 Å². The van der Waals surface area contributed by atoms with Crippen molar-refractivity contribution in [3.05, 3.63) is 38.3 Å². The van der Waals surface area contributed by atoms with Crippen LogP contribution < -0.4 is 0 Å². The van der Waals surface area contributed by atoms with E-state index in [0.717, 1.165) is 5.56 Å². The zero-order chi connectivity index (χ0) is 15.6. The van der Waals surface area contributed by atoms with Gasteiger partial charge in [-0.3, -0.25) is 15.0 Å². The molecule has 0 aromatic heterocycles. The molecule has 0 aliphatic carbocycles. The minimum atomic E-state index is -0.990. The first-order chi connectivity index (χ1) is 9.81. The van der Waals surface area contributed by atoms with Crippen LogP contribution in [0.1, 0.15) is 12.5 Å². The Labute approximate surface area is 129 Å². The standard InChI is InChI=1S/C13H15BrN2O5/c1-13(21-6-11(17)18)7-15(8-13)5-9-3-2-4-10(12(9)14)16(19)20/h2-4H,5-8H2,1H3,(H,17,18). The van der Waals surface area contributed by atoms with Gasteiger partial charge < -0.3 is 9.84 Å². The summed E-state index contributed by atoms with van der Waals surface area (Å²) >= 11 is 3.26. The number of hydrogen-bond acceptors (Lipinski definition) is 5. The number of aliphatic carboxylic acids is 1. The second kappa shape index (κ2) is 6.08. The zero-order valence-electron chi connectivity index (χ0n) is 11.4. The van der Waals surface area contributed by atoms with Crippen LogP contribution >= 0.6 is 15.9 Å². The van der Waals surface area contributed by atoms with Crippen LogP contribution in [-0.4, -0.2) is 46.2 Å². The number of halogens is 1. The van der Waals surface area contributed by atoms with E-state index in [1.165, 1.54) is 6.07 Å². The molecule has 1 aromatic rings. The second-order valence-corrected chi connectivity index (χ2v) is 6.08. The first-order valence-corrected chi connectivity index (χ1v) is 7.10. The van der Waals surface area contributed by atoms with Gasteiger partial charge in [0, 0.05) is 25.7 Å². The number of hydrogen-bond donors (Lipinski definition) is 1. The fourth-order valence-electron chi connectivity index (χ4n) is 2.41. The Morgan fingerprint density at radius 2 is 2.24 bits per heavy atom. The Morgan fingerprint density at radius 1 is 1.57 bits per heavy atom. The number of carbonyl (C=O) groups is 1. The van der Waals surface area contributed by atoms with Crippen molar-refractivity contribution in [3.8, 4) is 0 Å². The predicted molar refractivity (Wildman–Crippen MR) is 78.1 cm³/mol. The maximum absolute atomic E-state index is 10.9. The van der Waals surface area contributed by atoms with Crippen molar-refractivity contribution < 1.29 is 19.6 Å². The van der Waals surface area contributed by atoms with Crippen LogP contribution in [0.3, 0.4) is 0 Å². The third-order valence-electron chi connectivity index (χ3n) is 3.31. The van der Waals surface area contributed by atoms with Gasteiger partial charge in [0.1, 0.15) is 6.61 Å². The maximum atomic E-state index is 10.9. The molecule has 0 bridgehead atoms. The monoisotopic (exact) mass is 358 g/mol. The first kappa shape index (κ1) is 15.9. The number of ether oxygens (including phenoxy) is 1. The predicted octanol–water partition coefficient (Wildman–Crippen LogP) is 2.03. The highest BCUT2D eigenvalue weighted by Gasteiger charge is 2.40. The average Bonchev–Trinajstić information content (AvgIpc) is 2.36. The minimum absolute atomic E-state index is 0.0397. The number of carboxylic acid groups (broad SMARTS) is 1. The van der Waals surface area contributed by atoms with E-state index in [4.69, 9.17) is 9.84 Å². The van der Waals surface area contributed by atoms with Crippen molar-refractivity contribution in [2.24, 2.45) is 0 Å². The molecule has 1 aliphatic heterocycles. The molecular formula is C13H15BrN2O5. The SMILES string of the molecule is CC1(OCC(=O)O)CN(Cc2cccc([N+](=O)[O-])c2Br)C1. The van der Waals surface area contributed by atoms with E-state index in [0.29, 0.717) is 24.1 Å². The van der Waals surface area contributed by atoms with Crippen molar-refractivity contribution >= 4 is 27.6 Å². The van der Waals surface area contributed by atoms with Crippen LogP contribution in [-0.2, 0) is 16.1 Å². The van der Waals surface area contributed by atoms with E-state index >= 15 is 0 Å². The Hall–Kier alpha value is -1.51. The number of nitro groups is 1. The molecule has 1 saturated heterocycles. The highest BCUT2D eigenvalue weighted by atomic mass is 79.9. The third-order valence-corrected chi connectivity index (χ3v) is 4.22. The largest absolute Gasteiger partial charge is 0.480 e. The first-order valence-electron chi connectivity index (χ1n) is 6.31. The smallest absolute Gasteiger partial charge is 0.329 e.